The summed E-state index contributed by atoms with van der Waals surface area (Å²) in [7, 11) is 0. The van der Waals surface area contributed by atoms with Gasteiger partial charge in [0.1, 0.15) is 11.2 Å². The minimum Gasteiger partial charge on any atom is -0.456 e. The molecule has 70 heavy (non-hydrogen) atoms. The maximum atomic E-state index is 6.52. The van der Waals surface area contributed by atoms with Crippen LogP contribution < -0.4 is 9.80 Å². The summed E-state index contributed by atoms with van der Waals surface area (Å²) in [6, 6.07) is 97.4. The molecule has 3 nitrogen and oxygen atoms in total. The summed E-state index contributed by atoms with van der Waals surface area (Å²) in [5.74, 6) is 0. The Kier molecular flexibility index (Phi) is 9.11. The van der Waals surface area contributed by atoms with E-state index in [0.717, 1.165) is 67.2 Å². The smallest absolute Gasteiger partial charge is 0.137 e. The third kappa shape index (κ3) is 6.08. The number of fused-ring (bicyclic) bond motifs is 13. The lowest BCUT2D eigenvalue weighted by atomic mass is 9.70. The summed E-state index contributed by atoms with van der Waals surface area (Å²) < 4.78 is 6.52. The van der Waals surface area contributed by atoms with Gasteiger partial charge in [0, 0.05) is 50.8 Å². The van der Waals surface area contributed by atoms with Crippen LogP contribution in [0.15, 0.2) is 271 Å². The van der Waals surface area contributed by atoms with Gasteiger partial charge in [-0.1, -0.05) is 182 Å². The highest BCUT2D eigenvalue weighted by Gasteiger charge is 2.52. The predicted molar refractivity (Wildman–Crippen MR) is 290 cm³/mol. The molecule has 0 amide bonds. The van der Waals surface area contributed by atoms with Crippen LogP contribution in [-0.2, 0) is 5.41 Å². The first-order valence-electron chi connectivity index (χ1n) is 24.1. The molecule has 3 heteroatoms. The fourth-order valence-electron chi connectivity index (χ4n) is 11.6. The van der Waals surface area contributed by atoms with E-state index in [1.54, 1.807) is 0 Å². The summed E-state index contributed by atoms with van der Waals surface area (Å²) in [4.78, 5) is 4.83. The van der Waals surface area contributed by atoms with Crippen molar-refractivity contribution in [1.29, 1.82) is 0 Å². The summed E-state index contributed by atoms with van der Waals surface area (Å²) in [6.07, 6.45) is 0. The molecular weight excluding hydrogens is 849 g/mol. The number of para-hydroxylation sites is 4. The molecule has 14 rings (SSSR count). The van der Waals surface area contributed by atoms with Crippen LogP contribution in [0.25, 0.3) is 66.4 Å². The zero-order valence-corrected chi connectivity index (χ0v) is 38.2. The van der Waals surface area contributed by atoms with Crippen molar-refractivity contribution in [2.45, 2.75) is 5.41 Å². The Balaban J connectivity index is 1.04. The maximum absolute atomic E-state index is 6.52. The van der Waals surface area contributed by atoms with Crippen LogP contribution >= 0.6 is 0 Å². The molecule has 12 aromatic rings. The second-order valence-corrected chi connectivity index (χ2v) is 18.4. The van der Waals surface area contributed by atoms with Crippen molar-refractivity contribution in [1.82, 2.24) is 0 Å². The van der Waals surface area contributed by atoms with E-state index in [2.05, 4.69) is 265 Å². The molecule has 2 aliphatic carbocycles. The first-order valence-corrected chi connectivity index (χ1v) is 24.1. The van der Waals surface area contributed by atoms with Crippen molar-refractivity contribution in [3.8, 4) is 44.5 Å². The van der Waals surface area contributed by atoms with Crippen LogP contribution in [-0.4, -0.2) is 0 Å². The standard InChI is InChI=1S/C67H44N2O/c1-5-19-45(20-6-1)46-33-35-47(36-34-46)58-43-59-54-28-14-17-31-61(54)67(63(59)44-64(58)69(49-23-9-3-10-24-49)50-25-11-4-12-26-50)60-30-16-13-27-53(60)55-39-37-51(41-62(55)67)68(48-21-7-2-8-22-48)52-38-40-57-56-29-15-18-32-65(56)70-66(57)42-52/h1-44H. The van der Waals surface area contributed by atoms with E-state index in [4.69, 9.17) is 4.42 Å². The third-order valence-electron chi connectivity index (χ3n) is 14.7. The van der Waals surface area contributed by atoms with Gasteiger partial charge in [-0.15, -0.1) is 0 Å². The fourth-order valence-corrected chi connectivity index (χ4v) is 11.6. The van der Waals surface area contributed by atoms with E-state index in [9.17, 15) is 0 Å². The number of nitrogens with zero attached hydrogens (tertiary/aromatic N) is 2. The van der Waals surface area contributed by atoms with E-state index in [1.807, 2.05) is 12.1 Å². The van der Waals surface area contributed by atoms with Crippen LogP contribution in [0.1, 0.15) is 22.3 Å². The molecule has 0 fully saturated rings. The molecule has 0 saturated heterocycles. The average Bonchev–Trinajstić information content (AvgIpc) is 4.05. The molecule has 1 aromatic heterocycles. The van der Waals surface area contributed by atoms with Crippen molar-refractivity contribution < 1.29 is 4.42 Å². The topological polar surface area (TPSA) is 19.6 Å². The third-order valence-corrected chi connectivity index (χ3v) is 14.7. The zero-order valence-electron chi connectivity index (χ0n) is 38.2. The summed E-state index contributed by atoms with van der Waals surface area (Å²) in [5.41, 5.74) is 22.4. The number of furan rings is 1. The van der Waals surface area contributed by atoms with E-state index in [0.29, 0.717) is 0 Å². The van der Waals surface area contributed by atoms with Gasteiger partial charge in [0.05, 0.1) is 11.1 Å². The Morgan fingerprint density at radius 2 is 0.729 bits per heavy atom. The van der Waals surface area contributed by atoms with Gasteiger partial charge < -0.3 is 14.2 Å². The van der Waals surface area contributed by atoms with E-state index < -0.39 is 5.41 Å². The molecule has 11 aromatic carbocycles. The first-order chi connectivity index (χ1) is 34.7. The Morgan fingerprint density at radius 3 is 1.40 bits per heavy atom. The van der Waals surface area contributed by atoms with Crippen molar-refractivity contribution >= 4 is 56.1 Å². The van der Waals surface area contributed by atoms with Crippen LogP contribution in [0.5, 0.6) is 0 Å². The zero-order chi connectivity index (χ0) is 46.2. The Labute approximate surface area is 407 Å². The number of hydrogen-bond acceptors (Lipinski definition) is 3. The van der Waals surface area contributed by atoms with Crippen molar-refractivity contribution in [3.05, 3.63) is 289 Å². The second kappa shape index (κ2) is 16.0. The van der Waals surface area contributed by atoms with Gasteiger partial charge in [-0.25, -0.2) is 0 Å². The van der Waals surface area contributed by atoms with E-state index in [1.165, 1.54) is 55.6 Å². The fraction of sp³-hybridized carbons (Fsp3) is 0.0149. The molecule has 0 saturated carbocycles. The monoisotopic (exact) mass is 892 g/mol. The van der Waals surface area contributed by atoms with Crippen molar-refractivity contribution in [2.24, 2.45) is 0 Å². The van der Waals surface area contributed by atoms with Crippen molar-refractivity contribution in [2.75, 3.05) is 9.80 Å². The van der Waals surface area contributed by atoms with E-state index >= 15 is 0 Å². The Hall–Kier alpha value is -9.18. The molecule has 1 atom stereocenters. The minimum atomic E-state index is -0.637. The molecule has 328 valence electrons. The van der Waals surface area contributed by atoms with Gasteiger partial charge in [0.2, 0.25) is 0 Å². The maximum Gasteiger partial charge on any atom is 0.137 e. The molecular formula is C67H44N2O. The number of anilines is 6. The van der Waals surface area contributed by atoms with E-state index in [-0.39, 0.29) is 0 Å². The van der Waals surface area contributed by atoms with Crippen LogP contribution in [0.3, 0.4) is 0 Å². The van der Waals surface area contributed by atoms with Gasteiger partial charge in [0.25, 0.3) is 0 Å². The molecule has 1 unspecified atom stereocenters. The number of rotatable bonds is 8. The average molecular weight is 893 g/mol. The second-order valence-electron chi connectivity index (χ2n) is 18.4. The van der Waals surface area contributed by atoms with Gasteiger partial charge in [0.15, 0.2) is 0 Å². The number of hydrogen-bond donors (Lipinski definition) is 0. The minimum absolute atomic E-state index is 0.637. The van der Waals surface area contributed by atoms with Gasteiger partial charge in [-0.3, -0.25) is 0 Å². The first kappa shape index (κ1) is 39.9. The molecule has 0 bridgehead atoms. The van der Waals surface area contributed by atoms with Gasteiger partial charge >= 0.3 is 0 Å². The molecule has 0 radical (unpaired) electrons. The van der Waals surface area contributed by atoms with Gasteiger partial charge in [-0.2, -0.15) is 0 Å². The Morgan fingerprint density at radius 1 is 0.257 bits per heavy atom. The summed E-state index contributed by atoms with van der Waals surface area (Å²) in [6.45, 7) is 0. The normalized spacial score (nSPS) is 14.1. The lowest BCUT2D eigenvalue weighted by Crippen LogP contribution is -2.26. The molecule has 1 spiro atoms. The largest absolute Gasteiger partial charge is 0.456 e. The lowest BCUT2D eigenvalue weighted by Gasteiger charge is -2.34. The molecule has 1 heterocycles. The lowest BCUT2D eigenvalue weighted by molar-refractivity contribution is 0.669. The van der Waals surface area contributed by atoms with Crippen molar-refractivity contribution in [3.63, 3.8) is 0 Å². The highest BCUT2D eigenvalue weighted by atomic mass is 16.3. The summed E-state index contributed by atoms with van der Waals surface area (Å²) >= 11 is 0. The highest BCUT2D eigenvalue weighted by molar-refractivity contribution is 6.06. The molecule has 2 aliphatic rings. The van der Waals surface area contributed by atoms with Crippen LogP contribution in [0.2, 0.25) is 0 Å². The Bertz CT molecular complexity index is 3900. The molecule has 0 N–H and O–H groups in total. The van der Waals surface area contributed by atoms with Crippen LogP contribution in [0, 0.1) is 0 Å². The van der Waals surface area contributed by atoms with Gasteiger partial charge in [-0.05, 0) is 140 Å². The summed E-state index contributed by atoms with van der Waals surface area (Å²) in [5, 5.41) is 2.23. The predicted octanol–water partition coefficient (Wildman–Crippen LogP) is 18.2. The molecule has 0 aliphatic heterocycles. The highest BCUT2D eigenvalue weighted by Crippen LogP contribution is 2.65. The SMILES string of the molecule is c1ccc(-c2ccc(-c3cc4c(cc3N(c3ccccc3)c3ccccc3)C3(c5ccccc5-c5ccc(N(c6ccccc6)c6ccc7c(c6)oc6ccccc67)cc53)c3ccccc3-4)cc2)cc1. The van der Waals surface area contributed by atoms with Crippen LogP contribution in [0.4, 0.5) is 34.1 Å². The quantitative estimate of drug-likeness (QED) is 0.152. The number of benzene rings is 11.